The molecule has 1 amide bonds. The van der Waals surface area contributed by atoms with Crippen LogP contribution in [-0.4, -0.2) is 79.2 Å². The fraction of sp³-hybridized carbons (Fsp3) is 0.583. The van der Waals surface area contributed by atoms with Gasteiger partial charge >= 0.3 is 5.97 Å². The number of carbonyl (C=O) groups excluding carboxylic acids is 2. The van der Waals surface area contributed by atoms with Gasteiger partial charge in [0, 0.05) is 6.54 Å². The van der Waals surface area contributed by atoms with E-state index >= 15 is 0 Å². The van der Waals surface area contributed by atoms with E-state index in [-0.39, 0.29) is 37.8 Å². The van der Waals surface area contributed by atoms with Crippen LogP contribution in [0.1, 0.15) is 55.5 Å². The quantitative estimate of drug-likeness (QED) is 0.312. The van der Waals surface area contributed by atoms with Gasteiger partial charge in [0.15, 0.2) is 18.2 Å². The van der Waals surface area contributed by atoms with Gasteiger partial charge in [-0.05, 0) is 43.6 Å². The first-order chi connectivity index (χ1) is 16.5. The predicted octanol–water partition coefficient (Wildman–Crippen LogP) is 1.70. The van der Waals surface area contributed by atoms with E-state index in [1.54, 1.807) is 11.0 Å². The molecule has 1 aromatic rings. The molecule has 0 spiro atoms. The Hall–Kier alpha value is -2.98. The van der Waals surface area contributed by atoms with Crippen LogP contribution >= 0.6 is 0 Å². The summed E-state index contributed by atoms with van der Waals surface area (Å²) in [5.74, 6) is -0.591. The fourth-order valence-corrected chi connectivity index (χ4v) is 3.85. The van der Waals surface area contributed by atoms with Crippen molar-refractivity contribution in [2.75, 3.05) is 33.0 Å². The lowest BCUT2D eigenvalue weighted by atomic mass is 10.1. The average molecular weight is 473 g/mol. The molecule has 0 aromatic heterocycles. The highest BCUT2D eigenvalue weighted by atomic mass is 16.6. The number of benzene rings is 1. The third-order valence-corrected chi connectivity index (χ3v) is 5.71. The average Bonchev–Trinajstić information content (AvgIpc) is 3.23. The van der Waals surface area contributed by atoms with Crippen LogP contribution in [0, 0.1) is 0 Å². The zero-order valence-corrected chi connectivity index (χ0v) is 20.1. The van der Waals surface area contributed by atoms with Crippen molar-refractivity contribution in [1.29, 1.82) is 0 Å². The zero-order valence-electron chi connectivity index (χ0n) is 20.1. The van der Waals surface area contributed by atoms with Gasteiger partial charge in [-0.3, -0.25) is 20.0 Å². The van der Waals surface area contributed by atoms with Gasteiger partial charge < -0.3 is 20.1 Å². The van der Waals surface area contributed by atoms with Crippen molar-refractivity contribution >= 4 is 24.2 Å². The van der Waals surface area contributed by atoms with Crippen LogP contribution in [0.25, 0.3) is 0 Å². The van der Waals surface area contributed by atoms with E-state index in [0.717, 1.165) is 25.2 Å². The number of ether oxygens (including phenoxy) is 2. The lowest BCUT2D eigenvalue weighted by Crippen LogP contribution is -2.54. The SMILES string of the molecule is CCCCN(CCCC)Cc1cccc(C(=O)OCCOCN2C=NC3C(=O)NC(N)=NC32)c1. The first kappa shape index (κ1) is 25.6. The Morgan fingerprint density at radius 1 is 1.21 bits per heavy atom. The largest absolute Gasteiger partial charge is 0.460 e. The number of carbonyl (C=O) groups is 2. The molecule has 0 fully saturated rings. The summed E-state index contributed by atoms with van der Waals surface area (Å²) in [4.78, 5) is 36.9. The molecule has 2 aliphatic rings. The first-order valence-electron chi connectivity index (χ1n) is 12.0. The summed E-state index contributed by atoms with van der Waals surface area (Å²) in [6.45, 7) is 7.84. The van der Waals surface area contributed by atoms with E-state index in [4.69, 9.17) is 15.2 Å². The number of guanidine groups is 1. The van der Waals surface area contributed by atoms with Gasteiger partial charge in [-0.25, -0.2) is 9.79 Å². The van der Waals surface area contributed by atoms with Gasteiger partial charge in [0.1, 0.15) is 13.3 Å². The highest BCUT2D eigenvalue weighted by Gasteiger charge is 2.39. The monoisotopic (exact) mass is 472 g/mol. The molecule has 186 valence electrons. The van der Waals surface area contributed by atoms with Crippen molar-refractivity contribution in [2.45, 2.75) is 58.3 Å². The highest BCUT2D eigenvalue weighted by molar-refractivity contribution is 6.02. The molecule has 10 heteroatoms. The summed E-state index contributed by atoms with van der Waals surface area (Å²) in [6.07, 6.45) is 5.69. The molecule has 0 aliphatic carbocycles. The fourth-order valence-electron chi connectivity index (χ4n) is 3.85. The van der Waals surface area contributed by atoms with Crippen LogP contribution in [0.15, 0.2) is 34.3 Å². The third-order valence-electron chi connectivity index (χ3n) is 5.71. The number of hydrogen-bond acceptors (Lipinski definition) is 9. The van der Waals surface area contributed by atoms with Crippen LogP contribution in [-0.2, 0) is 20.8 Å². The molecule has 2 aliphatic heterocycles. The first-order valence-corrected chi connectivity index (χ1v) is 12.0. The van der Waals surface area contributed by atoms with E-state index in [1.165, 1.54) is 32.0 Å². The van der Waals surface area contributed by atoms with Gasteiger partial charge in [-0.15, -0.1) is 0 Å². The second-order valence-electron chi connectivity index (χ2n) is 8.50. The molecule has 34 heavy (non-hydrogen) atoms. The summed E-state index contributed by atoms with van der Waals surface area (Å²) in [6, 6.07) is 7.01. The lowest BCUT2D eigenvalue weighted by molar-refractivity contribution is -0.122. The van der Waals surface area contributed by atoms with Crippen molar-refractivity contribution in [1.82, 2.24) is 15.1 Å². The number of nitrogens with two attached hydrogens (primary N) is 1. The molecule has 2 atom stereocenters. The van der Waals surface area contributed by atoms with Crippen molar-refractivity contribution in [3.05, 3.63) is 35.4 Å². The number of hydrogen-bond donors (Lipinski definition) is 2. The van der Waals surface area contributed by atoms with Gasteiger partial charge in [-0.2, -0.15) is 0 Å². The van der Waals surface area contributed by atoms with Crippen molar-refractivity contribution in [3.8, 4) is 0 Å². The predicted molar refractivity (Wildman–Crippen MR) is 130 cm³/mol. The van der Waals surface area contributed by atoms with Gasteiger partial charge in [0.25, 0.3) is 5.91 Å². The third kappa shape index (κ3) is 7.26. The van der Waals surface area contributed by atoms with Crippen LogP contribution in [0.4, 0.5) is 0 Å². The van der Waals surface area contributed by atoms with Gasteiger partial charge in [-0.1, -0.05) is 38.8 Å². The Bertz CT molecular complexity index is 882. The second kappa shape index (κ2) is 13.0. The van der Waals surface area contributed by atoms with Crippen LogP contribution in [0.3, 0.4) is 0 Å². The molecule has 2 unspecified atom stereocenters. The number of esters is 1. The molecule has 10 nitrogen and oxygen atoms in total. The minimum Gasteiger partial charge on any atom is -0.460 e. The van der Waals surface area contributed by atoms with Gasteiger partial charge in [0.05, 0.1) is 18.5 Å². The maximum Gasteiger partial charge on any atom is 0.338 e. The van der Waals surface area contributed by atoms with Crippen LogP contribution < -0.4 is 11.1 Å². The molecule has 3 N–H and O–H groups in total. The molecular formula is C24H36N6O4. The number of rotatable bonds is 14. The van der Waals surface area contributed by atoms with Crippen molar-refractivity contribution in [3.63, 3.8) is 0 Å². The normalized spacial score (nSPS) is 19.2. The molecule has 3 rings (SSSR count). The number of amides is 1. The maximum atomic E-state index is 12.5. The van der Waals surface area contributed by atoms with Crippen molar-refractivity contribution in [2.24, 2.45) is 15.7 Å². The second-order valence-corrected chi connectivity index (χ2v) is 8.50. The molecule has 0 saturated carbocycles. The van der Waals surface area contributed by atoms with Crippen molar-refractivity contribution < 1.29 is 19.1 Å². The van der Waals surface area contributed by atoms with E-state index in [0.29, 0.717) is 5.56 Å². The number of nitrogens with one attached hydrogen (secondary N) is 1. The lowest BCUT2D eigenvalue weighted by Gasteiger charge is -2.27. The van der Waals surface area contributed by atoms with Crippen LogP contribution in [0.2, 0.25) is 0 Å². The topological polar surface area (TPSA) is 122 Å². The van der Waals surface area contributed by atoms with E-state index in [1.807, 2.05) is 12.1 Å². The minimum absolute atomic E-state index is 0.0664. The van der Waals surface area contributed by atoms with E-state index in [9.17, 15) is 9.59 Å². The Kier molecular flexibility index (Phi) is 9.84. The Morgan fingerprint density at radius 2 is 1.97 bits per heavy atom. The molecule has 1 aromatic carbocycles. The van der Waals surface area contributed by atoms with Crippen LogP contribution in [0.5, 0.6) is 0 Å². The highest BCUT2D eigenvalue weighted by Crippen LogP contribution is 2.17. The Labute approximate surface area is 201 Å². The smallest absolute Gasteiger partial charge is 0.338 e. The number of aliphatic imine (C=N–C) groups is 2. The Balaban J connectivity index is 1.41. The summed E-state index contributed by atoms with van der Waals surface area (Å²) < 4.78 is 11.0. The minimum atomic E-state index is -0.624. The molecule has 0 bridgehead atoms. The molecular weight excluding hydrogens is 436 g/mol. The number of fused-ring (bicyclic) bond motifs is 1. The molecule has 0 radical (unpaired) electrons. The summed E-state index contributed by atoms with van der Waals surface area (Å²) in [5.41, 5.74) is 7.27. The Morgan fingerprint density at radius 3 is 2.71 bits per heavy atom. The zero-order chi connectivity index (χ0) is 24.3. The standard InChI is InChI=1S/C24H36N6O4/c1-3-5-10-29(11-6-4-2)15-18-8-7-9-19(14-18)23(32)34-13-12-33-17-30-16-26-20-21(30)27-24(25)28-22(20)31/h7-9,14,16,20-21H,3-6,10-13,15,17H2,1-2H3,(H3,25,27,28,31). The molecule has 0 saturated heterocycles. The van der Waals surface area contributed by atoms with E-state index in [2.05, 4.69) is 40.1 Å². The van der Waals surface area contributed by atoms with Gasteiger partial charge in [0.2, 0.25) is 0 Å². The van der Waals surface area contributed by atoms with E-state index < -0.39 is 12.2 Å². The summed E-state index contributed by atoms with van der Waals surface area (Å²) >= 11 is 0. The number of nitrogens with zero attached hydrogens (tertiary/aromatic N) is 4. The molecule has 2 heterocycles. The maximum absolute atomic E-state index is 12.5. The summed E-state index contributed by atoms with van der Waals surface area (Å²) in [5, 5.41) is 2.45. The number of unbranched alkanes of at least 4 members (excludes halogenated alkanes) is 2. The summed E-state index contributed by atoms with van der Waals surface area (Å²) in [7, 11) is 0.